The minimum atomic E-state index is -1.05. The number of hydrogen-bond donors (Lipinski definition) is 3. The Balaban J connectivity index is 0.000000343. The number of aromatic carboxylic acids is 2. The number of carbonyl (C=O) groups is 2. The van der Waals surface area contributed by atoms with Crippen molar-refractivity contribution >= 4 is 22.7 Å². The molecule has 0 aliphatic heterocycles. The molecule has 0 bridgehead atoms. The summed E-state index contributed by atoms with van der Waals surface area (Å²) in [7, 11) is -1.05. The zero-order chi connectivity index (χ0) is 24.8. The Kier molecular flexibility index (Phi) is 9.91. The van der Waals surface area contributed by atoms with Crippen LogP contribution in [0.5, 0.6) is 0 Å². The number of carboxylic acids is 2. The molecular formula is C23H35NO7S. The summed E-state index contributed by atoms with van der Waals surface area (Å²) in [4.78, 5) is 21.9. The molecule has 4 N–H and O–H groups in total. The zero-order valence-corrected chi connectivity index (χ0v) is 20.6. The Hall–Kier alpha value is -2.39. The van der Waals surface area contributed by atoms with Crippen molar-refractivity contribution in [3.05, 3.63) is 47.3 Å². The predicted octanol–water partition coefficient (Wildman–Crippen LogP) is 4.90. The standard InChI is InChI=1S/C14H22O4S.C9H13NO3/c1-9(2)11(8-19(17)14(3,4)5)12-10(13(15)16)6-7-18-12;1-5(2)7(10)8-6(9(11)12)3-4-13-8/h6-7,9,11H,8H2,1-5H3,(H,15,16);3-5,7H,10H2,1-2H3,(H,11,12). The van der Waals surface area contributed by atoms with Crippen LogP contribution in [0.2, 0.25) is 0 Å². The third-order valence-corrected chi connectivity index (χ3v) is 7.06. The summed E-state index contributed by atoms with van der Waals surface area (Å²) in [5.41, 5.74) is 6.09. The molecule has 0 amide bonds. The Morgan fingerprint density at radius 3 is 1.75 bits per heavy atom. The lowest BCUT2D eigenvalue weighted by atomic mass is 9.93. The van der Waals surface area contributed by atoms with Crippen LogP contribution in [0.4, 0.5) is 0 Å². The van der Waals surface area contributed by atoms with Crippen molar-refractivity contribution in [1.29, 1.82) is 0 Å². The van der Waals surface area contributed by atoms with Gasteiger partial charge in [-0.05, 0) is 44.7 Å². The molecule has 32 heavy (non-hydrogen) atoms. The molecule has 0 saturated carbocycles. The second-order valence-electron chi connectivity index (χ2n) is 9.25. The Bertz CT molecular complexity index is 921. The largest absolute Gasteiger partial charge is 0.478 e. The van der Waals surface area contributed by atoms with Crippen molar-refractivity contribution < 1.29 is 32.8 Å². The second-order valence-corrected chi connectivity index (χ2v) is 11.5. The quantitative estimate of drug-likeness (QED) is 0.495. The lowest BCUT2D eigenvalue weighted by Crippen LogP contribution is -2.28. The molecule has 0 spiro atoms. The SMILES string of the molecule is CC(C)C(CS(=O)C(C)(C)C)c1occc1C(=O)O.CC(C)C(N)c1occc1C(=O)O. The Morgan fingerprint density at radius 1 is 0.938 bits per heavy atom. The van der Waals surface area contributed by atoms with Gasteiger partial charge >= 0.3 is 11.9 Å². The third kappa shape index (κ3) is 7.34. The molecule has 0 aliphatic rings. The maximum Gasteiger partial charge on any atom is 0.339 e. The van der Waals surface area contributed by atoms with Crippen LogP contribution in [0, 0.1) is 11.8 Å². The molecule has 2 rings (SSSR count). The van der Waals surface area contributed by atoms with E-state index in [1.807, 2.05) is 48.5 Å². The highest BCUT2D eigenvalue weighted by Gasteiger charge is 2.30. The highest BCUT2D eigenvalue weighted by molar-refractivity contribution is 7.86. The van der Waals surface area contributed by atoms with Crippen molar-refractivity contribution in [2.75, 3.05) is 5.75 Å². The van der Waals surface area contributed by atoms with Crippen molar-refractivity contribution in [2.24, 2.45) is 17.6 Å². The molecule has 0 aromatic carbocycles. The van der Waals surface area contributed by atoms with Gasteiger partial charge in [-0.3, -0.25) is 4.21 Å². The lowest BCUT2D eigenvalue weighted by Gasteiger charge is -2.24. The molecule has 0 saturated heterocycles. The summed E-state index contributed by atoms with van der Waals surface area (Å²) in [5.74, 6) is -0.644. The van der Waals surface area contributed by atoms with Crippen molar-refractivity contribution in [1.82, 2.24) is 0 Å². The first-order chi connectivity index (χ1) is 14.7. The van der Waals surface area contributed by atoms with Gasteiger partial charge in [-0.1, -0.05) is 27.7 Å². The van der Waals surface area contributed by atoms with Gasteiger partial charge in [0, 0.05) is 27.2 Å². The highest BCUT2D eigenvalue weighted by Crippen LogP contribution is 2.31. The molecule has 0 radical (unpaired) electrons. The van der Waals surface area contributed by atoms with E-state index in [2.05, 4.69) is 0 Å². The van der Waals surface area contributed by atoms with E-state index >= 15 is 0 Å². The number of furan rings is 2. The maximum absolute atomic E-state index is 12.3. The summed E-state index contributed by atoms with van der Waals surface area (Å²) in [6.45, 7) is 13.6. The molecule has 0 aliphatic carbocycles. The van der Waals surface area contributed by atoms with Gasteiger partial charge in [0.1, 0.15) is 22.6 Å². The molecule has 8 nitrogen and oxygen atoms in total. The van der Waals surface area contributed by atoms with Crippen molar-refractivity contribution in [2.45, 2.75) is 65.2 Å². The first kappa shape index (κ1) is 27.6. The van der Waals surface area contributed by atoms with Crippen LogP contribution >= 0.6 is 0 Å². The summed E-state index contributed by atoms with van der Waals surface area (Å²) in [5, 5.41) is 17.9. The normalized spacial score (nSPS) is 14.6. The Labute approximate surface area is 191 Å². The first-order valence-corrected chi connectivity index (χ1v) is 11.8. The Morgan fingerprint density at radius 2 is 1.38 bits per heavy atom. The van der Waals surface area contributed by atoms with E-state index in [1.165, 1.54) is 24.7 Å². The van der Waals surface area contributed by atoms with Crippen LogP contribution in [0.25, 0.3) is 0 Å². The monoisotopic (exact) mass is 469 g/mol. The fourth-order valence-electron chi connectivity index (χ4n) is 2.83. The first-order valence-electron chi connectivity index (χ1n) is 10.4. The van der Waals surface area contributed by atoms with Gasteiger partial charge in [-0.15, -0.1) is 0 Å². The highest BCUT2D eigenvalue weighted by atomic mass is 32.2. The average Bonchev–Trinajstić information content (AvgIpc) is 3.34. The smallest absolute Gasteiger partial charge is 0.339 e. The zero-order valence-electron chi connectivity index (χ0n) is 19.7. The van der Waals surface area contributed by atoms with Crippen LogP contribution in [0.3, 0.4) is 0 Å². The van der Waals surface area contributed by atoms with Crippen molar-refractivity contribution in [3.8, 4) is 0 Å². The molecule has 2 heterocycles. The molecule has 2 aromatic rings. The number of rotatable bonds is 8. The molecule has 2 aromatic heterocycles. The predicted molar refractivity (Wildman–Crippen MR) is 123 cm³/mol. The lowest BCUT2D eigenvalue weighted by molar-refractivity contribution is 0.0682. The molecule has 0 fully saturated rings. The van der Waals surface area contributed by atoms with Crippen LogP contribution in [0.15, 0.2) is 33.5 Å². The third-order valence-electron chi connectivity index (χ3n) is 5.03. The van der Waals surface area contributed by atoms with E-state index in [4.69, 9.17) is 24.8 Å². The minimum Gasteiger partial charge on any atom is -0.478 e. The summed E-state index contributed by atoms with van der Waals surface area (Å²) in [6.07, 6.45) is 2.73. The van der Waals surface area contributed by atoms with Gasteiger partial charge in [0.15, 0.2) is 0 Å². The van der Waals surface area contributed by atoms with Gasteiger partial charge in [0.05, 0.1) is 18.6 Å². The minimum absolute atomic E-state index is 0.152. The number of carboxylic acid groups (broad SMARTS) is 2. The molecular weight excluding hydrogens is 434 g/mol. The number of hydrogen-bond acceptors (Lipinski definition) is 6. The summed E-state index contributed by atoms with van der Waals surface area (Å²) in [6, 6.07) is 2.51. The van der Waals surface area contributed by atoms with E-state index in [0.29, 0.717) is 17.3 Å². The van der Waals surface area contributed by atoms with Gasteiger partial charge in [-0.25, -0.2) is 9.59 Å². The number of nitrogens with two attached hydrogens (primary N) is 1. The summed E-state index contributed by atoms with van der Waals surface area (Å²) >= 11 is 0. The topological polar surface area (TPSA) is 144 Å². The van der Waals surface area contributed by atoms with Gasteiger partial charge < -0.3 is 24.8 Å². The van der Waals surface area contributed by atoms with Gasteiger partial charge in [0.25, 0.3) is 0 Å². The maximum atomic E-state index is 12.3. The molecule has 9 heteroatoms. The average molecular weight is 470 g/mol. The van der Waals surface area contributed by atoms with Crippen LogP contribution in [-0.2, 0) is 10.8 Å². The van der Waals surface area contributed by atoms with Gasteiger partial charge in [0.2, 0.25) is 0 Å². The fourth-order valence-corrected chi connectivity index (χ4v) is 4.19. The molecule has 180 valence electrons. The fraction of sp³-hybridized carbons (Fsp3) is 0.565. The van der Waals surface area contributed by atoms with Crippen LogP contribution in [-0.4, -0.2) is 36.9 Å². The van der Waals surface area contributed by atoms with E-state index in [1.54, 1.807) is 0 Å². The molecule has 3 atom stereocenters. The van der Waals surface area contributed by atoms with Crippen molar-refractivity contribution in [3.63, 3.8) is 0 Å². The van der Waals surface area contributed by atoms with Crippen LogP contribution < -0.4 is 5.73 Å². The second kappa shape index (κ2) is 11.5. The van der Waals surface area contributed by atoms with Gasteiger partial charge in [-0.2, -0.15) is 0 Å². The van der Waals surface area contributed by atoms with E-state index in [0.717, 1.165) is 0 Å². The van der Waals surface area contributed by atoms with Crippen LogP contribution in [0.1, 0.15) is 92.7 Å². The summed E-state index contributed by atoms with van der Waals surface area (Å²) < 4.78 is 22.4. The van der Waals surface area contributed by atoms with E-state index in [-0.39, 0.29) is 39.7 Å². The van der Waals surface area contributed by atoms with E-state index in [9.17, 15) is 13.8 Å². The molecule has 3 unspecified atom stereocenters. The van der Waals surface area contributed by atoms with E-state index < -0.39 is 22.7 Å².